The lowest BCUT2D eigenvalue weighted by Crippen LogP contribution is -2.31. The molecule has 5 aromatic carbocycles. The molecule has 166 valence electrons. The largest absolute Gasteiger partial charge is 0.482 e. The second-order valence-corrected chi connectivity index (χ2v) is 9.85. The van der Waals surface area contributed by atoms with Crippen LogP contribution in [0.25, 0.3) is 44.2 Å². The number of fused-ring (bicyclic) bond motifs is 4. The summed E-state index contributed by atoms with van der Waals surface area (Å²) in [6.45, 7) is 8.76. The van der Waals surface area contributed by atoms with Gasteiger partial charge in [0.05, 0.1) is 0 Å². The zero-order valence-electron chi connectivity index (χ0n) is 20.1. The van der Waals surface area contributed by atoms with Gasteiger partial charge in [-0.05, 0) is 77.9 Å². The van der Waals surface area contributed by atoms with Crippen molar-refractivity contribution in [3.8, 4) is 39.1 Å². The van der Waals surface area contributed by atoms with Gasteiger partial charge in [0.1, 0.15) is 11.4 Å². The monoisotopic (exact) mass is 440 g/mol. The quantitative estimate of drug-likeness (QED) is 0.266. The first-order valence-corrected chi connectivity index (χ1v) is 12.0. The highest BCUT2D eigenvalue weighted by Crippen LogP contribution is 2.56. The molecule has 1 aliphatic heterocycles. The van der Waals surface area contributed by atoms with E-state index < -0.39 is 5.60 Å². The van der Waals surface area contributed by atoms with Gasteiger partial charge in [-0.25, -0.2) is 0 Å². The molecule has 0 spiro atoms. The first-order valence-electron chi connectivity index (χ1n) is 12.0. The van der Waals surface area contributed by atoms with Gasteiger partial charge in [0.2, 0.25) is 0 Å². The maximum atomic E-state index is 6.83. The first-order chi connectivity index (χ1) is 16.5. The Hall–Kier alpha value is -3.84. The van der Waals surface area contributed by atoms with Crippen LogP contribution in [0.5, 0.6) is 5.75 Å². The van der Waals surface area contributed by atoms with Crippen LogP contribution in [0.3, 0.4) is 0 Å². The normalized spacial score (nSPS) is 13.8. The second kappa shape index (κ2) is 7.60. The van der Waals surface area contributed by atoms with E-state index in [4.69, 9.17) is 4.74 Å². The smallest absolute Gasteiger partial charge is 0.131 e. The summed E-state index contributed by atoms with van der Waals surface area (Å²) in [5.74, 6) is 0.995. The third-order valence-corrected chi connectivity index (χ3v) is 6.99. The zero-order chi connectivity index (χ0) is 23.4. The molecule has 1 aliphatic rings. The molecule has 34 heavy (non-hydrogen) atoms. The highest BCUT2D eigenvalue weighted by atomic mass is 16.5. The molecule has 0 saturated carbocycles. The Bertz CT molecular complexity index is 1540. The lowest BCUT2D eigenvalue weighted by molar-refractivity contribution is 0.105. The number of ether oxygens (including phenoxy) is 1. The topological polar surface area (TPSA) is 9.23 Å². The number of hydrogen-bond acceptors (Lipinski definition) is 1. The number of aryl methyl sites for hydroxylation is 2. The van der Waals surface area contributed by atoms with E-state index in [2.05, 4.69) is 125 Å². The van der Waals surface area contributed by atoms with Crippen LogP contribution < -0.4 is 4.74 Å². The van der Waals surface area contributed by atoms with Crippen molar-refractivity contribution in [3.05, 3.63) is 114 Å². The molecule has 0 atom stereocenters. The van der Waals surface area contributed by atoms with Crippen LogP contribution in [-0.2, 0) is 5.60 Å². The summed E-state index contributed by atoms with van der Waals surface area (Å²) in [4.78, 5) is 0. The van der Waals surface area contributed by atoms with Gasteiger partial charge in [0.25, 0.3) is 0 Å². The van der Waals surface area contributed by atoms with Crippen LogP contribution in [-0.4, -0.2) is 0 Å². The Morgan fingerprint density at radius 2 is 1.12 bits per heavy atom. The molecule has 6 rings (SSSR count). The van der Waals surface area contributed by atoms with Gasteiger partial charge >= 0.3 is 0 Å². The highest BCUT2D eigenvalue weighted by molar-refractivity contribution is 6.14. The number of benzene rings is 5. The van der Waals surface area contributed by atoms with E-state index in [-0.39, 0.29) is 0 Å². The van der Waals surface area contributed by atoms with Crippen molar-refractivity contribution in [2.45, 2.75) is 33.3 Å². The number of rotatable bonds is 2. The van der Waals surface area contributed by atoms with Gasteiger partial charge in [0.15, 0.2) is 0 Å². The summed E-state index contributed by atoms with van der Waals surface area (Å²) in [5, 5.41) is 2.53. The molecule has 5 aromatic rings. The van der Waals surface area contributed by atoms with Crippen molar-refractivity contribution in [1.29, 1.82) is 0 Å². The van der Waals surface area contributed by atoms with Crippen LogP contribution in [0.15, 0.2) is 97.1 Å². The molecule has 0 unspecified atom stereocenters. The molecule has 0 aliphatic carbocycles. The number of hydrogen-bond donors (Lipinski definition) is 0. The van der Waals surface area contributed by atoms with E-state index in [0.717, 1.165) is 5.75 Å². The van der Waals surface area contributed by atoms with Gasteiger partial charge in [-0.15, -0.1) is 0 Å². The summed E-state index contributed by atoms with van der Waals surface area (Å²) in [7, 11) is 0. The van der Waals surface area contributed by atoms with Gasteiger partial charge < -0.3 is 4.74 Å². The van der Waals surface area contributed by atoms with E-state index in [1.165, 1.54) is 60.8 Å². The zero-order valence-corrected chi connectivity index (χ0v) is 20.1. The molecular formula is C33H28O. The van der Waals surface area contributed by atoms with Crippen molar-refractivity contribution in [3.63, 3.8) is 0 Å². The minimum Gasteiger partial charge on any atom is -0.482 e. The Morgan fingerprint density at radius 1 is 0.588 bits per heavy atom. The van der Waals surface area contributed by atoms with E-state index in [1.807, 2.05) is 0 Å². The van der Waals surface area contributed by atoms with Crippen LogP contribution in [0.4, 0.5) is 0 Å². The molecule has 0 aromatic heterocycles. The molecule has 0 saturated heterocycles. The molecule has 0 amide bonds. The van der Waals surface area contributed by atoms with E-state index in [1.54, 1.807) is 0 Å². The summed E-state index contributed by atoms with van der Waals surface area (Å²) in [5.41, 5.74) is 10.7. The predicted molar refractivity (Wildman–Crippen MR) is 143 cm³/mol. The fraction of sp³-hybridized carbons (Fsp3) is 0.152. The standard InChI is InChI=1S/C33H28O/c1-21-19-22(2)32-27(20-21)30-28(23-13-7-5-8-14-23)25-17-11-12-18-26(25)29(24-15-9-6-10-16-24)31(30)33(3,4)34-32/h5-20H,1-4H3. The van der Waals surface area contributed by atoms with E-state index in [0.29, 0.717) is 0 Å². The van der Waals surface area contributed by atoms with Crippen LogP contribution in [0.1, 0.15) is 30.5 Å². The van der Waals surface area contributed by atoms with E-state index in [9.17, 15) is 0 Å². The maximum absolute atomic E-state index is 6.83. The second-order valence-electron chi connectivity index (χ2n) is 9.85. The first kappa shape index (κ1) is 20.7. The van der Waals surface area contributed by atoms with Gasteiger partial charge in [0, 0.05) is 16.7 Å². The summed E-state index contributed by atoms with van der Waals surface area (Å²) in [6.07, 6.45) is 0. The Kier molecular flexibility index (Phi) is 4.64. The predicted octanol–water partition coefficient (Wildman–Crippen LogP) is 9.09. The SMILES string of the molecule is Cc1cc(C)c2c(c1)-c1c(c(-c3ccccc3)c3ccccc3c1-c1ccccc1)C(C)(C)O2. The minimum absolute atomic E-state index is 0.499. The summed E-state index contributed by atoms with van der Waals surface area (Å²) >= 11 is 0. The Balaban J connectivity index is 1.91. The summed E-state index contributed by atoms with van der Waals surface area (Å²) < 4.78 is 6.83. The van der Waals surface area contributed by atoms with Crippen molar-refractivity contribution < 1.29 is 4.74 Å². The molecule has 1 heteroatoms. The van der Waals surface area contributed by atoms with E-state index >= 15 is 0 Å². The third-order valence-electron chi connectivity index (χ3n) is 6.99. The molecule has 0 fully saturated rings. The highest BCUT2D eigenvalue weighted by Gasteiger charge is 2.39. The molecule has 0 radical (unpaired) electrons. The average Bonchev–Trinajstić information content (AvgIpc) is 2.84. The van der Waals surface area contributed by atoms with Crippen molar-refractivity contribution in [1.82, 2.24) is 0 Å². The lowest BCUT2D eigenvalue weighted by atomic mass is 9.74. The van der Waals surface area contributed by atoms with Crippen LogP contribution in [0.2, 0.25) is 0 Å². The minimum atomic E-state index is -0.499. The fourth-order valence-corrected chi connectivity index (χ4v) is 5.70. The molecule has 1 nitrogen and oxygen atoms in total. The van der Waals surface area contributed by atoms with Gasteiger partial charge in [-0.1, -0.05) is 91.0 Å². The van der Waals surface area contributed by atoms with Crippen molar-refractivity contribution in [2.75, 3.05) is 0 Å². The molecule has 0 N–H and O–H groups in total. The molecular weight excluding hydrogens is 412 g/mol. The lowest BCUT2D eigenvalue weighted by Gasteiger charge is -2.39. The maximum Gasteiger partial charge on any atom is 0.131 e. The van der Waals surface area contributed by atoms with Crippen LogP contribution in [0, 0.1) is 13.8 Å². The van der Waals surface area contributed by atoms with Gasteiger partial charge in [-0.2, -0.15) is 0 Å². The fourth-order valence-electron chi connectivity index (χ4n) is 5.70. The Labute approximate surface area is 201 Å². The molecule has 0 bridgehead atoms. The average molecular weight is 441 g/mol. The molecule has 1 heterocycles. The Morgan fingerprint density at radius 3 is 1.74 bits per heavy atom. The van der Waals surface area contributed by atoms with Crippen molar-refractivity contribution >= 4 is 10.8 Å². The van der Waals surface area contributed by atoms with Gasteiger partial charge in [-0.3, -0.25) is 0 Å². The third kappa shape index (κ3) is 3.08. The van der Waals surface area contributed by atoms with Crippen molar-refractivity contribution in [2.24, 2.45) is 0 Å². The van der Waals surface area contributed by atoms with Crippen LogP contribution >= 0.6 is 0 Å². The summed E-state index contributed by atoms with van der Waals surface area (Å²) in [6, 6.07) is 35.0.